The minimum absolute atomic E-state index is 0.130. The van der Waals surface area contributed by atoms with Crippen molar-refractivity contribution in [3.8, 4) is 11.7 Å². The molecule has 0 aliphatic carbocycles. The molecule has 4 rings (SSSR count). The van der Waals surface area contributed by atoms with Crippen LogP contribution in [0.25, 0.3) is 0 Å². The molecule has 3 aromatic rings. The Kier molecular flexibility index (Phi) is 5.94. The predicted octanol–water partition coefficient (Wildman–Crippen LogP) is 5.47. The Hall–Kier alpha value is -2.67. The summed E-state index contributed by atoms with van der Waals surface area (Å²) in [6.45, 7) is 3.17. The zero-order chi connectivity index (χ0) is 20.2. The molecule has 2 aromatic carbocycles. The maximum absolute atomic E-state index is 12.4. The van der Waals surface area contributed by atoms with Crippen LogP contribution in [0.15, 0.2) is 59.0 Å². The second-order valence-corrected chi connectivity index (χ2v) is 7.30. The van der Waals surface area contributed by atoms with Gasteiger partial charge in [-0.15, -0.1) is 0 Å². The van der Waals surface area contributed by atoms with Gasteiger partial charge in [0.1, 0.15) is 5.75 Å². The van der Waals surface area contributed by atoms with Gasteiger partial charge in [0.2, 0.25) is 0 Å². The van der Waals surface area contributed by atoms with Gasteiger partial charge < -0.3 is 24.1 Å². The van der Waals surface area contributed by atoms with E-state index in [1.165, 1.54) is 0 Å². The topological polar surface area (TPSA) is 63.9 Å². The minimum Gasteiger partial charge on any atom is -0.426 e. The van der Waals surface area contributed by atoms with Gasteiger partial charge in [-0.25, -0.2) is 0 Å². The minimum atomic E-state index is -0.372. The number of morpholine rings is 1. The smallest absolute Gasteiger partial charge is 0.291 e. The summed E-state index contributed by atoms with van der Waals surface area (Å²) < 4.78 is 16.4. The van der Waals surface area contributed by atoms with Gasteiger partial charge in [-0.3, -0.25) is 4.79 Å². The van der Waals surface area contributed by atoms with Crippen molar-refractivity contribution in [2.75, 3.05) is 36.5 Å². The average Bonchev–Trinajstić information content (AvgIpc) is 3.17. The van der Waals surface area contributed by atoms with Crippen molar-refractivity contribution in [2.45, 2.75) is 0 Å². The Bertz CT molecular complexity index is 978. The van der Waals surface area contributed by atoms with E-state index >= 15 is 0 Å². The maximum atomic E-state index is 12.4. The second kappa shape index (κ2) is 8.78. The normalized spacial score (nSPS) is 13.9. The Morgan fingerprint density at radius 3 is 2.34 bits per heavy atom. The first-order valence-electron chi connectivity index (χ1n) is 9.05. The van der Waals surface area contributed by atoms with Crippen LogP contribution in [0.5, 0.6) is 11.7 Å². The van der Waals surface area contributed by atoms with Gasteiger partial charge >= 0.3 is 0 Å². The van der Waals surface area contributed by atoms with E-state index in [0.29, 0.717) is 21.5 Å². The molecule has 0 unspecified atom stereocenters. The zero-order valence-electron chi connectivity index (χ0n) is 15.4. The molecular weight excluding hydrogens is 415 g/mol. The summed E-state index contributed by atoms with van der Waals surface area (Å²) in [5.74, 6) is 0.340. The quantitative estimate of drug-likeness (QED) is 0.579. The number of nitrogens with one attached hydrogen (secondary N) is 1. The fraction of sp³-hybridized carbons (Fsp3) is 0.190. The third-order valence-electron chi connectivity index (χ3n) is 4.36. The van der Waals surface area contributed by atoms with E-state index < -0.39 is 0 Å². The highest BCUT2D eigenvalue weighted by Gasteiger charge is 2.14. The van der Waals surface area contributed by atoms with Crippen molar-refractivity contribution < 1.29 is 18.7 Å². The summed E-state index contributed by atoms with van der Waals surface area (Å²) in [5.41, 5.74) is 1.77. The molecule has 0 saturated carbocycles. The summed E-state index contributed by atoms with van der Waals surface area (Å²) >= 11 is 11.9. The van der Waals surface area contributed by atoms with Crippen LogP contribution in [-0.4, -0.2) is 32.2 Å². The highest BCUT2D eigenvalue weighted by Crippen LogP contribution is 2.29. The van der Waals surface area contributed by atoms with Crippen LogP contribution in [0.1, 0.15) is 10.6 Å². The maximum Gasteiger partial charge on any atom is 0.291 e. The van der Waals surface area contributed by atoms with Crippen LogP contribution < -0.4 is 15.0 Å². The third-order valence-corrected chi connectivity index (χ3v) is 4.80. The van der Waals surface area contributed by atoms with Crippen LogP contribution in [0.2, 0.25) is 10.0 Å². The third kappa shape index (κ3) is 5.03. The lowest BCUT2D eigenvalue weighted by atomic mass is 10.2. The number of anilines is 2. The van der Waals surface area contributed by atoms with Gasteiger partial charge in [0.15, 0.2) is 5.76 Å². The standard InChI is InChI=1S/C21H18Cl2N2O4/c22-14-11-15(23)13-18(12-14)28-20-6-5-19(29-20)21(26)24-16-1-3-17(4-2-16)25-7-9-27-10-8-25/h1-6,11-13H,7-10H2,(H,24,26). The number of halogens is 2. The molecule has 1 aliphatic rings. The van der Waals surface area contributed by atoms with Crippen LogP contribution in [0.4, 0.5) is 11.4 Å². The first kappa shape index (κ1) is 19.6. The van der Waals surface area contributed by atoms with Gasteiger partial charge in [0.05, 0.1) is 13.2 Å². The number of furan rings is 1. The van der Waals surface area contributed by atoms with Gasteiger partial charge in [-0.2, -0.15) is 0 Å². The molecule has 1 N–H and O–H groups in total. The largest absolute Gasteiger partial charge is 0.426 e. The van der Waals surface area contributed by atoms with Crippen LogP contribution in [0.3, 0.4) is 0 Å². The first-order valence-corrected chi connectivity index (χ1v) is 9.80. The molecule has 0 spiro atoms. The molecule has 0 bridgehead atoms. The zero-order valence-corrected chi connectivity index (χ0v) is 16.9. The van der Waals surface area contributed by atoms with Gasteiger partial charge in [-0.1, -0.05) is 23.2 Å². The lowest BCUT2D eigenvalue weighted by molar-refractivity contribution is 0.0992. The Labute approximate surface area is 177 Å². The van der Waals surface area contributed by atoms with Gasteiger partial charge in [0, 0.05) is 40.6 Å². The highest BCUT2D eigenvalue weighted by atomic mass is 35.5. The summed E-state index contributed by atoms with van der Waals surface area (Å²) in [5, 5.41) is 3.69. The Balaban J connectivity index is 1.38. The van der Waals surface area contributed by atoms with E-state index in [1.807, 2.05) is 24.3 Å². The number of benzene rings is 2. The molecule has 1 amide bonds. The fourth-order valence-electron chi connectivity index (χ4n) is 2.97. The first-order chi connectivity index (χ1) is 14.1. The molecule has 1 aromatic heterocycles. The number of carbonyl (C=O) groups is 1. The van der Waals surface area contributed by atoms with Crippen LogP contribution in [-0.2, 0) is 4.74 Å². The molecule has 29 heavy (non-hydrogen) atoms. The van der Waals surface area contributed by atoms with Crippen molar-refractivity contribution in [2.24, 2.45) is 0 Å². The average molecular weight is 433 g/mol. The molecular formula is C21H18Cl2N2O4. The number of amides is 1. The van der Waals surface area contributed by atoms with Gasteiger partial charge in [0.25, 0.3) is 11.9 Å². The summed E-state index contributed by atoms with van der Waals surface area (Å²) in [6.07, 6.45) is 0. The summed E-state index contributed by atoms with van der Waals surface area (Å²) in [7, 11) is 0. The van der Waals surface area contributed by atoms with Crippen molar-refractivity contribution in [3.63, 3.8) is 0 Å². The van der Waals surface area contributed by atoms with Crippen molar-refractivity contribution >= 4 is 40.5 Å². The number of nitrogens with zero attached hydrogens (tertiary/aromatic N) is 1. The number of hydrogen-bond acceptors (Lipinski definition) is 5. The summed E-state index contributed by atoms with van der Waals surface area (Å²) in [6, 6.07) is 15.6. The second-order valence-electron chi connectivity index (χ2n) is 6.43. The van der Waals surface area contributed by atoms with Crippen molar-refractivity contribution in [1.29, 1.82) is 0 Å². The van der Waals surface area contributed by atoms with Crippen LogP contribution >= 0.6 is 23.2 Å². The SMILES string of the molecule is O=C(Nc1ccc(N2CCOCC2)cc1)c1ccc(Oc2cc(Cl)cc(Cl)c2)o1. The number of hydrogen-bond donors (Lipinski definition) is 1. The van der Waals surface area contributed by atoms with Crippen molar-refractivity contribution in [3.05, 3.63) is 70.4 Å². The molecule has 0 atom stereocenters. The van der Waals surface area contributed by atoms with E-state index in [0.717, 1.165) is 32.0 Å². The van der Waals surface area contributed by atoms with E-state index in [4.69, 9.17) is 37.1 Å². The molecule has 1 fully saturated rings. The molecule has 1 saturated heterocycles. The molecule has 8 heteroatoms. The summed E-state index contributed by atoms with van der Waals surface area (Å²) in [4.78, 5) is 14.7. The number of ether oxygens (including phenoxy) is 2. The Morgan fingerprint density at radius 2 is 1.66 bits per heavy atom. The highest BCUT2D eigenvalue weighted by molar-refractivity contribution is 6.34. The fourth-order valence-corrected chi connectivity index (χ4v) is 3.48. The predicted molar refractivity (Wildman–Crippen MR) is 113 cm³/mol. The number of carbonyl (C=O) groups excluding carboxylic acids is 1. The lowest BCUT2D eigenvalue weighted by Crippen LogP contribution is -2.36. The van der Waals surface area contributed by atoms with E-state index in [9.17, 15) is 4.79 Å². The lowest BCUT2D eigenvalue weighted by Gasteiger charge is -2.28. The van der Waals surface area contributed by atoms with Crippen molar-refractivity contribution in [1.82, 2.24) is 0 Å². The molecule has 6 nitrogen and oxygen atoms in total. The Morgan fingerprint density at radius 1 is 0.966 bits per heavy atom. The van der Waals surface area contributed by atoms with E-state index in [-0.39, 0.29) is 17.6 Å². The van der Waals surface area contributed by atoms with Crippen LogP contribution in [0, 0.1) is 0 Å². The monoisotopic (exact) mass is 432 g/mol. The van der Waals surface area contributed by atoms with Gasteiger partial charge in [-0.05, 0) is 48.5 Å². The van der Waals surface area contributed by atoms with E-state index in [1.54, 1.807) is 30.3 Å². The molecule has 1 aliphatic heterocycles. The van der Waals surface area contributed by atoms with E-state index in [2.05, 4.69) is 10.2 Å². The molecule has 2 heterocycles. The number of rotatable bonds is 5. The molecule has 150 valence electrons. The molecule has 0 radical (unpaired) electrons.